The molecule has 0 nitrogen and oxygen atoms in total. The molecular weight excluding hydrogens is 829 g/mol. The molecular formula is C69H122. The van der Waals surface area contributed by atoms with Crippen LogP contribution in [0.5, 0.6) is 0 Å². The average Bonchev–Trinajstić information content (AvgIpc) is 3.91. The molecule has 69 heavy (non-hydrogen) atoms. The van der Waals surface area contributed by atoms with Crippen molar-refractivity contribution in [1.82, 2.24) is 0 Å². The first kappa shape index (κ1) is 53.8. The molecule has 0 amide bonds. The number of fused-ring (bicyclic) bond motifs is 10. The number of rotatable bonds is 0. The van der Waals surface area contributed by atoms with Crippen LogP contribution in [0.1, 0.15) is 308 Å². The van der Waals surface area contributed by atoms with Crippen molar-refractivity contribution in [3.63, 3.8) is 0 Å². The predicted octanol–water partition coefficient (Wildman–Crippen LogP) is 21.8. The minimum atomic E-state index is 0.549. The Morgan fingerprint density at radius 2 is 0.667 bits per heavy atom. The highest BCUT2D eigenvalue weighted by molar-refractivity contribution is 5.00. The van der Waals surface area contributed by atoms with Crippen LogP contribution < -0.4 is 0 Å². The lowest BCUT2D eigenvalue weighted by atomic mass is 9.50. The van der Waals surface area contributed by atoms with Crippen molar-refractivity contribution in [2.45, 2.75) is 308 Å². The van der Waals surface area contributed by atoms with Gasteiger partial charge in [-0.1, -0.05) is 102 Å². The molecule has 4 atom stereocenters. The van der Waals surface area contributed by atoms with Crippen LogP contribution in [-0.2, 0) is 0 Å². The fraction of sp³-hybridized carbons (Fsp3) is 1.00. The third-order valence-electron chi connectivity index (χ3n) is 26.2. The minimum absolute atomic E-state index is 0.549. The van der Waals surface area contributed by atoms with E-state index in [0.717, 1.165) is 116 Å². The molecule has 0 heterocycles. The van der Waals surface area contributed by atoms with Gasteiger partial charge in [0.05, 0.1) is 0 Å². The van der Waals surface area contributed by atoms with Gasteiger partial charge in [0.25, 0.3) is 0 Å². The van der Waals surface area contributed by atoms with E-state index in [-0.39, 0.29) is 0 Å². The van der Waals surface area contributed by atoms with E-state index in [1.54, 1.807) is 135 Å². The van der Waals surface area contributed by atoms with Crippen LogP contribution in [0.4, 0.5) is 0 Å². The first-order valence-electron chi connectivity index (χ1n) is 32.5. The molecule has 0 aromatic heterocycles. The van der Waals surface area contributed by atoms with Crippen LogP contribution in [0.3, 0.4) is 0 Å². The lowest BCUT2D eigenvalue weighted by molar-refractivity contribution is -0.0411. The summed E-state index contributed by atoms with van der Waals surface area (Å²) >= 11 is 0. The standard InChI is InChI=1S/2C11H18.2C9H16.2C8H14.C8H16.C5H10/c1-11-5-8-2-9(6-11)4-10(3-8)7-11;1-7-10-3-8-2-9(5-10)6-11(7)4-8;1-9-5-2-8(3-6-9)4-7-9;1-7-6-8-2-4-9(7)5-3-8;1-8-4-2-7(6-8)3-5-8;1-6-4-7-2-3-8(6)5-7;1-7(2,3)8(4)5-6-8;1-5(2)3-4-5/h8-10H,2-7H2,1H3;7-11H,2-6H2,1H3;8H,2-7H2,1H3;7-9H,2-6H2,1H3;7H,2-6H2,1H3;6-8H,2-5H2,1H3;5-6H2,1-4H3;3-4H2,1-2H3/t;;;7-,8?,9?;;6-,7?,8?;;/m...0.0../s1. The fourth-order valence-corrected chi connectivity index (χ4v) is 20.1. The van der Waals surface area contributed by atoms with Crippen molar-refractivity contribution in [3.05, 3.63) is 0 Å². The molecule has 20 saturated carbocycles. The van der Waals surface area contributed by atoms with E-state index in [1.807, 2.05) is 0 Å². The lowest BCUT2D eigenvalue weighted by Gasteiger charge is -2.55. The van der Waals surface area contributed by atoms with Crippen molar-refractivity contribution >= 4 is 0 Å². The molecule has 0 saturated heterocycles. The predicted molar refractivity (Wildman–Crippen MR) is 300 cm³/mol. The Bertz CT molecular complexity index is 1500. The zero-order chi connectivity index (χ0) is 49.0. The largest absolute Gasteiger partial charge is 0.0622 e. The zero-order valence-electron chi connectivity index (χ0n) is 49.0. The molecule has 20 aliphatic rings. The first-order valence-corrected chi connectivity index (χ1v) is 32.5. The molecule has 0 aromatic rings. The van der Waals surface area contributed by atoms with Gasteiger partial charge in [0.15, 0.2) is 0 Å². The Hall–Kier alpha value is 0. The van der Waals surface area contributed by atoms with Gasteiger partial charge in [-0.2, -0.15) is 0 Å². The SMILES string of the molecule is CC(C)(C)C1(C)CC1.CC1(C)CC1.CC12CC3CC(CC(C3)C1)C2.CC12CCC(CC1)C2.CC12CCC(CC1)CC2.CC1C2CC3CC(C2)CC1C3.C[C@H]1CC2CCC1C2.C[C@H]1CC2CCC1CC2. The summed E-state index contributed by atoms with van der Waals surface area (Å²) in [4.78, 5) is 0. The Morgan fingerprint density at radius 3 is 0.884 bits per heavy atom. The molecule has 0 radical (unpaired) electrons. The van der Waals surface area contributed by atoms with Gasteiger partial charge in [-0.15, -0.1) is 0 Å². The lowest BCUT2D eigenvalue weighted by Crippen LogP contribution is -2.44. The van der Waals surface area contributed by atoms with E-state index in [2.05, 4.69) is 83.1 Å². The van der Waals surface area contributed by atoms with E-state index in [9.17, 15) is 0 Å². The van der Waals surface area contributed by atoms with Gasteiger partial charge in [0.2, 0.25) is 0 Å². The van der Waals surface area contributed by atoms with E-state index < -0.39 is 0 Å². The van der Waals surface area contributed by atoms with E-state index in [1.165, 1.54) is 89.9 Å². The first-order chi connectivity index (χ1) is 32.5. The summed E-state index contributed by atoms with van der Waals surface area (Å²) in [6.45, 7) is 28.8. The zero-order valence-corrected chi connectivity index (χ0v) is 49.0. The molecule has 20 fully saturated rings. The number of hydrogen-bond acceptors (Lipinski definition) is 0. The summed E-state index contributed by atoms with van der Waals surface area (Å²) in [5, 5.41) is 0. The maximum atomic E-state index is 2.54. The minimum Gasteiger partial charge on any atom is -0.0622 e. The summed E-state index contributed by atoms with van der Waals surface area (Å²) in [6, 6.07) is 0. The highest BCUT2D eigenvalue weighted by Gasteiger charge is 2.49. The van der Waals surface area contributed by atoms with Crippen LogP contribution in [0.2, 0.25) is 0 Å². The molecule has 398 valence electrons. The second-order valence-electron chi connectivity index (χ2n) is 33.9. The van der Waals surface area contributed by atoms with Crippen LogP contribution in [0, 0.1) is 127 Å². The van der Waals surface area contributed by atoms with E-state index >= 15 is 0 Å². The molecule has 2 unspecified atom stereocenters. The Kier molecular flexibility index (Phi) is 16.8. The summed E-state index contributed by atoms with van der Waals surface area (Å²) < 4.78 is 0. The van der Waals surface area contributed by atoms with Gasteiger partial charge in [-0.3, -0.25) is 0 Å². The Morgan fingerprint density at radius 1 is 0.290 bits per heavy atom. The van der Waals surface area contributed by atoms with Crippen molar-refractivity contribution in [2.75, 3.05) is 0 Å². The van der Waals surface area contributed by atoms with Crippen LogP contribution >= 0.6 is 0 Å². The van der Waals surface area contributed by atoms with Crippen molar-refractivity contribution < 1.29 is 0 Å². The molecule has 16 bridgehead atoms. The fourth-order valence-electron chi connectivity index (χ4n) is 20.1. The Balaban J connectivity index is 0.0000000990. The molecule has 0 aromatic carbocycles. The molecule has 0 spiro atoms. The Labute approximate surface area is 433 Å². The van der Waals surface area contributed by atoms with Crippen molar-refractivity contribution in [3.8, 4) is 0 Å². The van der Waals surface area contributed by atoms with Crippen molar-refractivity contribution in [2.24, 2.45) is 127 Å². The van der Waals surface area contributed by atoms with E-state index in [0.29, 0.717) is 10.8 Å². The average molecular weight is 952 g/mol. The second kappa shape index (κ2) is 21.6. The van der Waals surface area contributed by atoms with Gasteiger partial charge < -0.3 is 0 Å². The molecule has 20 aliphatic carbocycles. The van der Waals surface area contributed by atoms with Gasteiger partial charge >= 0.3 is 0 Å². The van der Waals surface area contributed by atoms with Crippen LogP contribution in [-0.4, -0.2) is 0 Å². The molecule has 0 aliphatic heterocycles. The third kappa shape index (κ3) is 14.3. The smallest absolute Gasteiger partial charge is 0.0277 e. The summed E-state index contributed by atoms with van der Waals surface area (Å²) in [5.41, 5.74) is 4.38. The molecule has 20 rings (SSSR count). The highest BCUT2D eigenvalue weighted by Crippen LogP contribution is 2.61. The number of hydrogen-bond donors (Lipinski definition) is 0. The van der Waals surface area contributed by atoms with Gasteiger partial charge in [-0.25, -0.2) is 0 Å². The van der Waals surface area contributed by atoms with Crippen molar-refractivity contribution in [1.29, 1.82) is 0 Å². The maximum Gasteiger partial charge on any atom is -0.0277 e. The van der Waals surface area contributed by atoms with Crippen LogP contribution in [0.15, 0.2) is 0 Å². The van der Waals surface area contributed by atoms with E-state index in [4.69, 9.17) is 0 Å². The summed E-state index contributed by atoms with van der Waals surface area (Å²) in [6.07, 6.45) is 54.0. The van der Waals surface area contributed by atoms with Crippen LogP contribution in [0.25, 0.3) is 0 Å². The monoisotopic (exact) mass is 951 g/mol. The topological polar surface area (TPSA) is 0 Å². The summed E-state index contributed by atoms with van der Waals surface area (Å²) in [5.74, 6) is 18.1. The normalized spacial score (nSPS) is 49.6. The molecule has 0 N–H and O–H groups in total. The van der Waals surface area contributed by atoms with Gasteiger partial charge in [-0.05, 0) is 333 Å². The van der Waals surface area contributed by atoms with Gasteiger partial charge in [0.1, 0.15) is 0 Å². The quantitative estimate of drug-likeness (QED) is 0.227. The van der Waals surface area contributed by atoms with Gasteiger partial charge in [0, 0.05) is 0 Å². The molecule has 0 heteroatoms. The third-order valence-corrected chi connectivity index (χ3v) is 26.2. The summed E-state index contributed by atoms with van der Waals surface area (Å²) in [7, 11) is 0. The second-order valence-corrected chi connectivity index (χ2v) is 33.9. The highest BCUT2D eigenvalue weighted by atomic mass is 14.5. The maximum absolute atomic E-state index is 2.54.